The van der Waals surface area contributed by atoms with E-state index in [-0.39, 0.29) is 6.03 Å². The van der Waals surface area contributed by atoms with Crippen molar-refractivity contribution in [3.05, 3.63) is 70.9 Å². The van der Waals surface area contributed by atoms with Gasteiger partial charge in [-0.3, -0.25) is 4.90 Å². The number of aryl methyl sites for hydroxylation is 1. The van der Waals surface area contributed by atoms with Gasteiger partial charge in [-0.1, -0.05) is 42.0 Å². The molecule has 0 saturated carbocycles. The van der Waals surface area contributed by atoms with Crippen LogP contribution in [0.4, 0.5) is 10.5 Å². The minimum absolute atomic E-state index is 0.323. The summed E-state index contributed by atoms with van der Waals surface area (Å²) in [5.41, 5.74) is 4.05. The standard InChI is InChI=1S/C25H30N4O4/c1-17-8-10-18(11-9-17)23-22(24(30)33-3)19(26-25(31)27-23)16-28-12-14-29(15-13-28)20-6-4-5-7-21(20)32-2/h4-11,23H,12-16H2,1-3H3,(H2,26,27,31)/t23-/m1/s1. The Bertz CT molecular complexity index is 1040. The average Bonchev–Trinajstić information content (AvgIpc) is 2.84. The summed E-state index contributed by atoms with van der Waals surface area (Å²) in [5, 5.41) is 5.73. The Labute approximate surface area is 194 Å². The Hall–Kier alpha value is -3.52. The highest BCUT2D eigenvalue weighted by molar-refractivity contribution is 5.95. The Morgan fingerprint density at radius 2 is 1.73 bits per heavy atom. The lowest BCUT2D eigenvalue weighted by atomic mass is 9.94. The van der Waals surface area contributed by atoms with E-state index in [9.17, 15) is 9.59 Å². The second-order valence-electron chi connectivity index (χ2n) is 8.26. The number of hydrogen-bond acceptors (Lipinski definition) is 6. The van der Waals surface area contributed by atoms with Crippen LogP contribution in [0, 0.1) is 6.92 Å². The molecule has 2 aromatic rings. The molecule has 2 heterocycles. The fraction of sp³-hybridized carbons (Fsp3) is 0.360. The zero-order valence-corrected chi connectivity index (χ0v) is 19.3. The summed E-state index contributed by atoms with van der Waals surface area (Å²) >= 11 is 0. The number of ether oxygens (including phenoxy) is 2. The number of anilines is 1. The predicted molar refractivity (Wildman–Crippen MR) is 126 cm³/mol. The average molecular weight is 451 g/mol. The molecule has 2 aromatic carbocycles. The molecule has 2 aliphatic heterocycles. The number of amides is 2. The Morgan fingerprint density at radius 3 is 2.39 bits per heavy atom. The molecule has 2 aliphatic rings. The van der Waals surface area contributed by atoms with E-state index in [1.165, 1.54) is 7.11 Å². The first-order valence-electron chi connectivity index (χ1n) is 11.1. The van der Waals surface area contributed by atoms with Crippen molar-refractivity contribution in [3.8, 4) is 5.75 Å². The zero-order valence-electron chi connectivity index (χ0n) is 19.3. The van der Waals surface area contributed by atoms with Gasteiger partial charge >= 0.3 is 12.0 Å². The number of carbonyl (C=O) groups is 2. The van der Waals surface area contributed by atoms with Crippen LogP contribution < -0.4 is 20.3 Å². The van der Waals surface area contributed by atoms with E-state index in [1.807, 2.05) is 49.4 Å². The second kappa shape index (κ2) is 9.95. The number of nitrogens with zero attached hydrogens (tertiary/aromatic N) is 2. The van der Waals surface area contributed by atoms with Gasteiger partial charge in [0.1, 0.15) is 5.75 Å². The highest BCUT2D eigenvalue weighted by Gasteiger charge is 2.34. The smallest absolute Gasteiger partial charge is 0.338 e. The fourth-order valence-corrected chi connectivity index (χ4v) is 4.36. The molecule has 4 rings (SSSR count). The number of benzene rings is 2. The Morgan fingerprint density at radius 1 is 1.03 bits per heavy atom. The van der Waals surface area contributed by atoms with Crippen molar-refractivity contribution in [1.82, 2.24) is 15.5 Å². The Balaban J connectivity index is 1.54. The molecule has 33 heavy (non-hydrogen) atoms. The molecule has 0 unspecified atom stereocenters. The van der Waals surface area contributed by atoms with Crippen molar-refractivity contribution in [2.24, 2.45) is 0 Å². The number of carbonyl (C=O) groups excluding carboxylic acids is 2. The van der Waals surface area contributed by atoms with E-state index in [2.05, 4.69) is 26.5 Å². The highest BCUT2D eigenvalue weighted by Crippen LogP contribution is 2.30. The van der Waals surface area contributed by atoms with Crippen molar-refractivity contribution in [1.29, 1.82) is 0 Å². The molecule has 0 aromatic heterocycles. The highest BCUT2D eigenvalue weighted by atomic mass is 16.5. The predicted octanol–water partition coefficient (Wildman–Crippen LogP) is 2.61. The van der Waals surface area contributed by atoms with Crippen LogP contribution in [0.1, 0.15) is 17.2 Å². The molecule has 1 saturated heterocycles. The lowest BCUT2D eigenvalue weighted by molar-refractivity contribution is -0.136. The maximum atomic E-state index is 12.8. The maximum absolute atomic E-state index is 12.8. The van der Waals surface area contributed by atoms with E-state index in [0.717, 1.165) is 48.7 Å². The van der Waals surface area contributed by atoms with Gasteiger partial charge in [-0.05, 0) is 24.6 Å². The fourth-order valence-electron chi connectivity index (χ4n) is 4.36. The molecule has 0 bridgehead atoms. The van der Waals surface area contributed by atoms with Crippen molar-refractivity contribution in [2.45, 2.75) is 13.0 Å². The first-order chi connectivity index (χ1) is 16.0. The third-order valence-electron chi connectivity index (χ3n) is 6.15. The number of urea groups is 1. The number of methoxy groups -OCH3 is 2. The van der Waals surface area contributed by atoms with Crippen LogP contribution in [0.15, 0.2) is 59.8 Å². The van der Waals surface area contributed by atoms with Gasteiger partial charge in [0.25, 0.3) is 0 Å². The largest absolute Gasteiger partial charge is 0.495 e. The van der Waals surface area contributed by atoms with Crippen LogP contribution in [0.25, 0.3) is 0 Å². The second-order valence-corrected chi connectivity index (χ2v) is 8.26. The monoisotopic (exact) mass is 450 g/mol. The number of rotatable bonds is 6. The zero-order chi connectivity index (χ0) is 23.4. The van der Waals surface area contributed by atoms with Crippen molar-refractivity contribution in [2.75, 3.05) is 51.8 Å². The summed E-state index contributed by atoms with van der Waals surface area (Å²) in [6, 6.07) is 14.9. The van der Waals surface area contributed by atoms with Crippen molar-refractivity contribution < 1.29 is 19.1 Å². The van der Waals surface area contributed by atoms with Crippen molar-refractivity contribution in [3.63, 3.8) is 0 Å². The van der Waals surface area contributed by atoms with Crippen LogP contribution in [-0.4, -0.2) is 63.8 Å². The summed E-state index contributed by atoms with van der Waals surface area (Å²) in [6.45, 7) is 5.66. The van der Waals surface area contributed by atoms with Gasteiger partial charge in [-0.2, -0.15) is 0 Å². The van der Waals surface area contributed by atoms with Crippen LogP contribution in [0.2, 0.25) is 0 Å². The first kappa shape index (κ1) is 22.7. The Kier molecular flexibility index (Phi) is 6.84. The molecule has 0 radical (unpaired) electrons. The van der Waals surface area contributed by atoms with Gasteiger partial charge in [-0.15, -0.1) is 0 Å². The number of esters is 1. The van der Waals surface area contributed by atoms with Crippen molar-refractivity contribution >= 4 is 17.7 Å². The van der Waals surface area contributed by atoms with Crippen LogP contribution in [0.3, 0.4) is 0 Å². The number of para-hydroxylation sites is 2. The third-order valence-corrected chi connectivity index (χ3v) is 6.15. The molecule has 1 atom stereocenters. The molecule has 8 heteroatoms. The third kappa shape index (κ3) is 4.96. The molecule has 1 fully saturated rings. The summed E-state index contributed by atoms with van der Waals surface area (Å²) in [4.78, 5) is 29.8. The topological polar surface area (TPSA) is 83.1 Å². The van der Waals surface area contributed by atoms with Gasteiger partial charge < -0.3 is 25.0 Å². The molecular weight excluding hydrogens is 420 g/mol. The molecule has 174 valence electrons. The summed E-state index contributed by atoms with van der Waals surface area (Å²) in [5.74, 6) is 0.406. The number of nitrogens with one attached hydrogen (secondary N) is 2. The number of piperazine rings is 1. The minimum Gasteiger partial charge on any atom is -0.495 e. The molecule has 8 nitrogen and oxygen atoms in total. The van der Waals surface area contributed by atoms with Gasteiger partial charge in [-0.25, -0.2) is 9.59 Å². The minimum atomic E-state index is -0.559. The van der Waals surface area contributed by atoms with E-state index < -0.39 is 12.0 Å². The van der Waals surface area contributed by atoms with E-state index >= 15 is 0 Å². The lowest BCUT2D eigenvalue weighted by Crippen LogP contribution is -2.51. The molecular formula is C25H30N4O4. The quantitative estimate of drug-likeness (QED) is 0.659. The maximum Gasteiger partial charge on any atom is 0.338 e. The van der Waals surface area contributed by atoms with Crippen LogP contribution in [-0.2, 0) is 9.53 Å². The summed E-state index contributed by atoms with van der Waals surface area (Å²) in [7, 11) is 3.04. The number of hydrogen-bond donors (Lipinski definition) is 2. The van der Waals surface area contributed by atoms with Crippen LogP contribution in [0.5, 0.6) is 5.75 Å². The normalized spacial score (nSPS) is 19.1. The first-order valence-corrected chi connectivity index (χ1v) is 11.1. The van der Waals surface area contributed by atoms with Gasteiger partial charge in [0.15, 0.2) is 0 Å². The molecule has 0 aliphatic carbocycles. The van der Waals surface area contributed by atoms with Gasteiger partial charge in [0.05, 0.1) is 31.5 Å². The van der Waals surface area contributed by atoms with E-state index in [4.69, 9.17) is 9.47 Å². The van der Waals surface area contributed by atoms with E-state index in [0.29, 0.717) is 17.8 Å². The van der Waals surface area contributed by atoms with Crippen LogP contribution >= 0.6 is 0 Å². The summed E-state index contributed by atoms with van der Waals surface area (Å²) in [6.07, 6.45) is 0. The molecule has 2 N–H and O–H groups in total. The van der Waals surface area contributed by atoms with Gasteiger partial charge in [0, 0.05) is 38.4 Å². The van der Waals surface area contributed by atoms with Gasteiger partial charge in [0.2, 0.25) is 0 Å². The SMILES string of the molecule is COC(=O)C1=C(CN2CCN(c3ccccc3OC)CC2)NC(=O)N[C@@H]1c1ccc(C)cc1. The molecule has 2 amide bonds. The lowest BCUT2D eigenvalue weighted by Gasteiger charge is -2.38. The summed E-state index contributed by atoms with van der Waals surface area (Å²) < 4.78 is 10.6. The van der Waals surface area contributed by atoms with E-state index in [1.54, 1.807) is 7.11 Å². The molecule has 0 spiro atoms.